The zero-order valence-corrected chi connectivity index (χ0v) is 10.9. The maximum atomic E-state index is 12.5. The Hall–Kier alpha value is -1.15. The minimum Gasteiger partial charge on any atom is -0.305 e. The first kappa shape index (κ1) is 12.3. The van der Waals surface area contributed by atoms with Crippen LogP contribution in [0.5, 0.6) is 0 Å². The van der Waals surface area contributed by atoms with E-state index in [-0.39, 0.29) is 11.5 Å². The third-order valence-corrected chi connectivity index (χ3v) is 3.61. The van der Waals surface area contributed by atoms with E-state index in [1.54, 1.807) is 0 Å². The highest BCUT2D eigenvalue weighted by molar-refractivity contribution is 5.91. The molecule has 0 bridgehead atoms. The second-order valence-electron chi connectivity index (χ2n) is 5.25. The van der Waals surface area contributed by atoms with Crippen LogP contribution in [0.4, 0.5) is 0 Å². The third-order valence-electron chi connectivity index (χ3n) is 3.61. The average molecular weight is 231 g/mol. The normalized spacial score (nSPS) is 17.2. The summed E-state index contributed by atoms with van der Waals surface area (Å²) in [4.78, 5) is 12.5. The molecule has 1 N–H and O–H groups in total. The summed E-state index contributed by atoms with van der Waals surface area (Å²) in [6.45, 7) is 6.89. The number of carbonyl (C=O) groups excluding carboxylic acids is 1. The van der Waals surface area contributed by atoms with E-state index in [1.165, 1.54) is 11.1 Å². The molecule has 0 saturated heterocycles. The highest BCUT2D eigenvalue weighted by Gasteiger charge is 2.43. The van der Waals surface area contributed by atoms with Crippen molar-refractivity contribution in [2.45, 2.75) is 39.2 Å². The zero-order chi connectivity index (χ0) is 12.5. The summed E-state index contributed by atoms with van der Waals surface area (Å²) >= 11 is 0. The van der Waals surface area contributed by atoms with Crippen LogP contribution in [0, 0.1) is 5.92 Å². The molecule has 0 radical (unpaired) electrons. The van der Waals surface area contributed by atoms with Crippen molar-refractivity contribution in [2.75, 3.05) is 6.54 Å². The van der Waals surface area contributed by atoms with Crippen LogP contribution in [0.3, 0.4) is 0 Å². The lowest BCUT2D eigenvalue weighted by Gasteiger charge is -2.30. The van der Waals surface area contributed by atoms with E-state index in [4.69, 9.17) is 0 Å². The molecule has 1 aliphatic rings. The standard InChI is InChI=1S/C15H21NO/c1-4-16-15(14(17)11(2)3)9-12-7-5-6-8-13(12)10-15/h5-8,11,16H,4,9-10H2,1-3H3. The van der Waals surface area contributed by atoms with Crippen LogP contribution in [-0.4, -0.2) is 17.9 Å². The van der Waals surface area contributed by atoms with Crippen LogP contribution >= 0.6 is 0 Å². The number of carbonyl (C=O) groups is 1. The molecule has 1 aromatic carbocycles. The van der Waals surface area contributed by atoms with Crippen molar-refractivity contribution in [3.63, 3.8) is 0 Å². The number of Topliss-reactive ketones (excluding diaryl/α,β-unsaturated/α-hetero) is 1. The van der Waals surface area contributed by atoms with Gasteiger partial charge in [0, 0.05) is 5.92 Å². The molecule has 1 aliphatic carbocycles. The number of likely N-dealkylation sites (N-methyl/N-ethyl adjacent to an activating group) is 1. The Labute approximate surface area is 103 Å². The summed E-state index contributed by atoms with van der Waals surface area (Å²) in [5.74, 6) is 0.430. The highest BCUT2D eigenvalue weighted by atomic mass is 16.1. The van der Waals surface area contributed by atoms with E-state index in [0.29, 0.717) is 5.78 Å². The molecular formula is C15H21NO. The molecule has 0 spiro atoms. The number of rotatable bonds is 4. The molecule has 0 heterocycles. The lowest BCUT2D eigenvalue weighted by Crippen LogP contribution is -2.54. The molecule has 0 amide bonds. The number of ketones is 1. The Kier molecular flexibility index (Phi) is 3.34. The van der Waals surface area contributed by atoms with Crippen molar-refractivity contribution >= 4 is 5.78 Å². The van der Waals surface area contributed by atoms with E-state index in [0.717, 1.165) is 19.4 Å². The smallest absolute Gasteiger partial charge is 0.156 e. The van der Waals surface area contributed by atoms with Crippen LogP contribution < -0.4 is 5.32 Å². The van der Waals surface area contributed by atoms with Crippen LogP contribution in [0.2, 0.25) is 0 Å². The fourth-order valence-electron chi connectivity index (χ4n) is 2.89. The zero-order valence-electron chi connectivity index (χ0n) is 10.9. The first-order valence-electron chi connectivity index (χ1n) is 6.45. The van der Waals surface area contributed by atoms with E-state index in [9.17, 15) is 4.79 Å². The van der Waals surface area contributed by atoms with Crippen LogP contribution in [0.15, 0.2) is 24.3 Å². The largest absolute Gasteiger partial charge is 0.305 e. The Morgan fingerprint density at radius 2 is 1.82 bits per heavy atom. The molecule has 0 aliphatic heterocycles. The van der Waals surface area contributed by atoms with E-state index in [2.05, 4.69) is 36.5 Å². The number of hydrogen-bond donors (Lipinski definition) is 1. The predicted molar refractivity (Wildman–Crippen MR) is 70.1 cm³/mol. The number of nitrogens with one attached hydrogen (secondary N) is 1. The first-order chi connectivity index (χ1) is 8.09. The summed E-state index contributed by atoms with van der Waals surface area (Å²) in [5, 5.41) is 3.44. The number of hydrogen-bond acceptors (Lipinski definition) is 2. The summed E-state index contributed by atoms with van der Waals surface area (Å²) in [7, 11) is 0. The van der Waals surface area contributed by atoms with E-state index in [1.807, 2.05) is 13.8 Å². The van der Waals surface area contributed by atoms with Crippen molar-refractivity contribution in [2.24, 2.45) is 5.92 Å². The average Bonchev–Trinajstić information content (AvgIpc) is 2.67. The maximum absolute atomic E-state index is 12.5. The lowest BCUT2D eigenvalue weighted by molar-refractivity contribution is -0.128. The van der Waals surface area contributed by atoms with Gasteiger partial charge in [-0.25, -0.2) is 0 Å². The fourth-order valence-corrected chi connectivity index (χ4v) is 2.89. The van der Waals surface area contributed by atoms with Gasteiger partial charge in [-0.05, 0) is 30.5 Å². The fraction of sp³-hybridized carbons (Fsp3) is 0.533. The van der Waals surface area contributed by atoms with Gasteiger partial charge in [-0.3, -0.25) is 4.79 Å². The molecule has 2 heteroatoms. The molecule has 1 aromatic rings. The molecule has 0 fully saturated rings. The van der Waals surface area contributed by atoms with Crippen molar-refractivity contribution in [1.29, 1.82) is 0 Å². The third kappa shape index (κ3) is 2.14. The summed E-state index contributed by atoms with van der Waals surface area (Å²) in [6, 6.07) is 8.39. The van der Waals surface area contributed by atoms with Gasteiger partial charge in [0.1, 0.15) is 0 Å². The SMILES string of the molecule is CCNC1(C(=O)C(C)C)Cc2ccccc2C1. The topological polar surface area (TPSA) is 29.1 Å². The predicted octanol–water partition coefficient (Wildman–Crippen LogP) is 2.36. The molecule has 2 nitrogen and oxygen atoms in total. The molecule has 17 heavy (non-hydrogen) atoms. The first-order valence-corrected chi connectivity index (χ1v) is 6.45. The summed E-state index contributed by atoms with van der Waals surface area (Å²) < 4.78 is 0. The minimum absolute atomic E-state index is 0.0864. The summed E-state index contributed by atoms with van der Waals surface area (Å²) in [5.41, 5.74) is 2.29. The number of benzene rings is 1. The van der Waals surface area contributed by atoms with E-state index >= 15 is 0 Å². The minimum atomic E-state index is -0.355. The van der Waals surface area contributed by atoms with Gasteiger partial charge in [0.15, 0.2) is 5.78 Å². The Bertz CT molecular complexity index is 398. The van der Waals surface area contributed by atoms with Crippen LogP contribution in [0.25, 0.3) is 0 Å². The lowest BCUT2D eigenvalue weighted by atomic mass is 9.84. The Morgan fingerprint density at radius 3 is 2.24 bits per heavy atom. The monoisotopic (exact) mass is 231 g/mol. The molecular weight excluding hydrogens is 210 g/mol. The van der Waals surface area contributed by atoms with Gasteiger partial charge >= 0.3 is 0 Å². The quantitative estimate of drug-likeness (QED) is 0.862. The molecule has 0 aromatic heterocycles. The van der Waals surface area contributed by atoms with Crippen LogP contribution in [-0.2, 0) is 17.6 Å². The van der Waals surface area contributed by atoms with Crippen LogP contribution in [0.1, 0.15) is 31.9 Å². The van der Waals surface area contributed by atoms with Crippen molar-refractivity contribution in [3.8, 4) is 0 Å². The second-order valence-corrected chi connectivity index (χ2v) is 5.25. The second kappa shape index (κ2) is 4.61. The summed E-state index contributed by atoms with van der Waals surface area (Å²) in [6.07, 6.45) is 1.68. The molecule has 0 unspecified atom stereocenters. The van der Waals surface area contributed by atoms with Crippen molar-refractivity contribution < 1.29 is 4.79 Å². The molecule has 0 atom stereocenters. The van der Waals surface area contributed by atoms with Gasteiger partial charge in [0.05, 0.1) is 5.54 Å². The highest BCUT2D eigenvalue weighted by Crippen LogP contribution is 2.32. The molecule has 92 valence electrons. The Morgan fingerprint density at radius 1 is 1.29 bits per heavy atom. The van der Waals surface area contributed by atoms with Gasteiger partial charge in [-0.15, -0.1) is 0 Å². The number of fused-ring (bicyclic) bond motifs is 1. The van der Waals surface area contributed by atoms with Crippen molar-refractivity contribution in [1.82, 2.24) is 5.32 Å². The molecule has 2 rings (SSSR count). The van der Waals surface area contributed by atoms with Gasteiger partial charge in [0.25, 0.3) is 0 Å². The van der Waals surface area contributed by atoms with Gasteiger partial charge in [-0.2, -0.15) is 0 Å². The van der Waals surface area contributed by atoms with Gasteiger partial charge in [0.2, 0.25) is 0 Å². The Balaban J connectivity index is 2.32. The van der Waals surface area contributed by atoms with Gasteiger partial charge in [-0.1, -0.05) is 45.0 Å². The van der Waals surface area contributed by atoms with Gasteiger partial charge < -0.3 is 5.32 Å². The van der Waals surface area contributed by atoms with Crippen molar-refractivity contribution in [3.05, 3.63) is 35.4 Å². The van der Waals surface area contributed by atoms with E-state index < -0.39 is 0 Å². The maximum Gasteiger partial charge on any atom is 0.156 e. The molecule has 0 saturated carbocycles.